The molecular formula is C19H24N4O4. The maximum atomic E-state index is 12.5. The first-order chi connectivity index (χ1) is 13.1. The fourth-order valence-electron chi connectivity index (χ4n) is 4.22. The van der Waals surface area contributed by atoms with Crippen molar-refractivity contribution in [3.05, 3.63) is 45.6 Å². The summed E-state index contributed by atoms with van der Waals surface area (Å²) in [6.45, 7) is 1.99. The van der Waals surface area contributed by atoms with Gasteiger partial charge in [-0.15, -0.1) is 0 Å². The number of carbonyl (C=O) groups is 1. The number of piperidine rings is 1. The lowest BCUT2D eigenvalue weighted by Gasteiger charge is -2.45. The molecular weight excluding hydrogens is 348 g/mol. The average Bonchev–Trinajstić information content (AvgIpc) is 3.12. The van der Waals surface area contributed by atoms with E-state index in [0.29, 0.717) is 38.4 Å². The summed E-state index contributed by atoms with van der Waals surface area (Å²) < 4.78 is 11.9. The summed E-state index contributed by atoms with van der Waals surface area (Å²) in [7, 11) is 1.69. The standard InChI is InChI=1S/C19H24N4O4/c1-26-14-4-2-3-13-7-12-27-19(17(13)14)8-10-23(11-9-19)16(24)6-5-15-20-18(25)22-21-15/h2-4H,5-12H2,1H3,(H2,20,21,22,25). The lowest BCUT2D eigenvalue weighted by molar-refractivity contribution is -0.140. The fraction of sp³-hybridized carbons (Fsp3) is 0.526. The van der Waals surface area contributed by atoms with Gasteiger partial charge in [0.25, 0.3) is 0 Å². The fourth-order valence-corrected chi connectivity index (χ4v) is 4.22. The molecule has 1 saturated heterocycles. The zero-order valence-electron chi connectivity index (χ0n) is 15.4. The van der Waals surface area contributed by atoms with Gasteiger partial charge in [-0.1, -0.05) is 12.1 Å². The second-order valence-corrected chi connectivity index (χ2v) is 7.09. The minimum atomic E-state index is -0.371. The molecule has 4 rings (SSSR count). The van der Waals surface area contributed by atoms with E-state index in [1.807, 2.05) is 17.0 Å². The number of H-pyrrole nitrogens is 2. The van der Waals surface area contributed by atoms with Crippen LogP contribution >= 0.6 is 0 Å². The highest BCUT2D eigenvalue weighted by Gasteiger charge is 2.43. The molecule has 27 heavy (non-hydrogen) atoms. The largest absolute Gasteiger partial charge is 0.496 e. The molecule has 2 aromatic rings. The smallest absolute Gasteiger partial charge is 0.340 e. The zero-order chi connectivity index (χ0) is 18.9. The molecule has 1 aromatic carbocycles. The Labute approximate surface area is 156 Å². The molecule has 8 nitrogen and oxygen atoms in total. The molecule has 2 N–H and O–H groups in total. The molecule has 3 heterocycles. The third-order valence-corrected chi connectivity index (χ3v) is 5.59. The van der Waals surface area contributed by atoms with Crippen LogP contribution in [-0.2, 0) is 28.0 Å². The SMILES string of the molecule is COc1cccc2c1C1(CCN(C(=O)CCc3n[nH]c(=O)[nH]3)CC1)OCC2. The number of nitrogens with one attached hydrogen (secondary N) is 2. The Hall–Kier alpha value is -2.61. The van der Waals surface area contributed by atoms with Gasteiger partial charge in [-0.05, 0) is 30.9 Å². The van der Waals surface area contributed by atoms with Gasteiger partial charge in [0.2, 0.25) is 5.91 Å². The van der Waals surface area contributed by atoms with Crippen molar-refractivity contribution < 1.29 is 14.3 Å². The van der Waals surface area contributed by atoms with E-state index in [0.717, 1.165) is 30.6 Å². The van der Waals surface area contributed by atoms with Crippen LogP contribution in [0.4, 0.5) is 0 Å². The van der Waals surface area contributed by atoms with Crippen molar-refractivity contribution in [2.75, 3.05) is 26.8 Å². The van der Waals surface area contributed by atoms with Crippen molar-refractivity contribution in [3.63, 3.8) is 0 Å². The number of methoxy groups -OCH3 is 1. The van der Waals surface area contributed by atoms with Crippen LogP contribution in [0.3, 0.4) is 0 Å². The highest BCUT2D eigenvalue weighted by Crippen LogP contribution is 2.45. The van der Waals surface area contributed by atoms with Crippen LogP contribution in [0.2, 0.25) is 0 Å². The molecule has 0 atom stereocenters. The summed E-state index contributed by atoms with van der Waals surface area (Å²) in [5, 5.41) is 6.16. The van der Waals surface area contributed by atoms with Crippen molar-refractivity contribution >= 4 is 5.91 Å². The Bertz CT molecular complexity index is 866. The third kappa shape index (κ3) is 3.37. The van der Waals surface area contributed by atoms with E-state index in [4.69, 9.17) is 9.47 Å². The number of ether oxygens (including phenoxy) is 2. The number of hydrogen-bond acceptors (Lipinski definition) is 5. The van der Waals surface area contributed by atoms with E-state index >= 15 is 0 Å². The Balaban J connectivity index is 1.43. The molecule has 8 heteroatoms. The van der Waals surface area contributed by atoms with Crippen LogP contribution in [0.15, 0.2) is 23.0 Å². The van der Waals surface area contributed by atoms with Gasteiger partial charge < -0.3 is 14.4 Å². The summed E-state index contributed by atoms with van der Waals surface area (Å²) in [6, 6.07) is 6.15. The maximum Gasteiger partial charge on any atom is 0.340 e. The molecule has 0 aliphatic carbocycles. The molecule has 1 aromatic heterocycles. The quantitative estimate of drug-likeness (QED) is 0.838. The summed E-state index contributed by atoms with van der Waals surface area (Å²) in [5.41, 5.74) is 1.71. The van der Waals surface area contributed by atoms with Gasteiger partial charge in [0.15, 0.2) is 0 Å². The zero-order valence-corrected chi connectivity index (χ0v) is 15.4. The molecule has 2 aliphatic heterocycles. The summed E-state index contributed by atoms with van der Waals surface area (Å²) >= 11 is 0. The highest BCUT2D eigenvalue weighted by molar-refractivity contribution is 5.76. The second-order valence-electron chi connectivity index (χ2n) is 7.09. The molecule has 2 aliphatic rings. The van der Waals surface area contributed by atoms with Crippen LogP contribution in [0.1, 0.15) is 36.2 Å². The molecule has 1 fully saturated rings. The van der Waals surface area contributed by atoms with Crippen molar-refractivity contribution in [1.29, 1.82) is 0 Å². The lowest BCUT2D eigenvalue weighted by atomic mass is 9.78. The van der Waals surface area contributed by atoms with Gasteiger partial charge in [0.05, 0.1) is 13.7 Å². The first kappa shape index (κ1) is 17.8. The van der Waals surface area contributed by atoms with E-state index in [1.165, 1.54) is 5.56 Å². The van der Waals surface area contributed by atoms with Gasteiger partial charge in [0, 0.05) is 31.5 Å². The van der Waals surface area contributed by atoms with E-state index in [1.54, 1.807) is 7.11 Å². The molecule has 0 bridgehead atoms. The van der Waals surface area contributed by atoms with Crippen molar-refractivity contribution in [2.24, 2.45) is 0 Å². The number of fused-ring (bicyclic) bond motifs is 2. The minimum absolute atomic E-state index is 0.0739. The number of likely N-dealkylation sites (tertiary alicyclic amines) is 1. The number of aryl methyl sites for hydroxylation is 1. The van der Waals surface area contributed by atoms with E-state index < -0.39 is 0 Å². The van der Waals surface area contributed by atoms with Crippen LogP contribution in [0, 0.1) is 0 Å². The number of aromatic amines is 2. The first-order valence-corrected chi connectivity index (χ1v) is 9.33. The minimum Gasteiger partial charge on any atom is -0.496 e. The second kappa shape index (κ2) is 7.19. The topological polar surface area (TPSA) is 100 Å². The summed E-state index contributed by atoms with van der Waals surface area (Å²) in [6.07, 6.45) is 3.15. The monoisotopic (exact) mass is 372 g/mol. The highest BCUT2D eigenvalue weighted by atomic mass is 16.5. The first-order valence-electron chi connectivity index (χ1n) is 9.33. The van der Waals surface area contributed by atoms with Crippen LogP contribution in [-0.4, -0.2) is 52.8 Å². The van der Waals surface area contributed by atoms with Crippen LogP contribution in [0.25, 0.3) is 0 Å². The van der Waals surface area contributed by atoms with E-state index in [9.17, 15) is 9.59 Å². The predicted octanol–water partition coefficient (Wildman–Crippen LogP) is 1.13. The molecule has 0 saturated carbocycles. The van der Waals surface area contributed by atoms with Gasteiger partial charge in [-0.25, -0.2) is 9.89 Å². The van der Waals surface area contributed by atoms with Gasteiger partial charge in [-0.3, -0.25) is 9.78 Å². The Morgan fingerprint density at radius 3 is 2.89 bits per heavy atom. The normalized spacial score (nSPS) is 18.3. The molecule has 144 valence electrons. The summed E-state index contributed by atoms with van der Waals surface area (Å²) in [5.74, 6) is 1.45. The third-order valence-electron chi connectivity index (χ3n) is 5.59. The average molecular weight is 372 g/mol. The number of nitrogens with zero attached hydrogens (tertiary/aromatic N) is 2. The van der Waals surface area contributed by atoms with Crippen molar-refractivity contribution in [3.8, 4) is 5.75 Å². The Morgan fingerprint density at radius 2 is 2.19 bits per heavy atom. The van der Waals surface area contributed by atoms with Crippen LogP contribution < -0.4 is 10.4 Å². The van der Waals surface area contributed by atoms with Gasteiger partial charge in [0.1, 0.15) is 17.2 Å². The van der Waals surface area contributed by atoms with Crippen molar-refractivity contribution in [1.82, 2.24) is 20.1 Å². The molecule has 0 unspecified atom stereocenters. The van der Waals surface area contributed by atoms with Crippen LogP contribution in [0.5, 0.6) is 5.75 Å². The van der Waals surface area contributed by atoms with Crippen molar-refractivity contribution in [2.45, 2.75) is 37.7 Å². The lowest BCUT2D eigenvalue weighted by Crippen LogP contribution is -2.48. The van der Waals surface area contributed by atoms with Gasteiger partial charge in [-0.2, -0.15) is 5.10 Å². The maximum absolute atomic E-state index is 12.5. The summed E-state index contributed by atoms with van der Waals surface area (Å²) in [4.78, 5) is 28.1. The number of aromatic nitrogens is 3. The van der Waals surface area contributed by atoms with Gasteiger partial charge >= 0.3 is 5.69 Å². The number of rotatable bonds is 4. The number of amides is 1. The molecule has 1 amide bonds. The molecule has 0 radical (unpaired) electrons. The number of hydrogen-bond donors (Lipinski definition) is 2. The van der Waals surface area contributed by atoms with E-state index in [2.05, 4.69) is 21.2 Å². The Kier molecular flexibility index (Phi) is 4.73. The number of carbonyl (C=O) groups excluding carboxylic acids is 1. The van der Waals surface area contributed by atoms with E-state index in [-0.39, 0.29) is 17.2 Å². The number of benzene rings is 1. The predicted molar refractivity (Wildman–Crippen MR) is 97.7 cm³/mol. The Morgan fingerprint density at radius 1 is 1.37 bits per heavy atom. The molecule has 1 spiro atoms.